The zero-order valence-electron chi connectivity index (χ0n) is 16.6. The molecule has 0 radical (unpaired) electrons. The molecule has 0 spiro atoms. The fourth-order valence-corrected chi connectivity index (χ4v) is 3.38. The van der Waals surface area contributed by atoms with E-state index in [0.29, 0.717) is 6.61 Å². The van der Waals surface area contributed by atoms with Crippen molar-refractivity contribution in [2.45, 2.75) is 58.2 Å². The van der Waals surface area contributed by atoms with Gasteiger partial charge < -0.3 is 19.5 Å². The van der Waals surface area contributed by atoms with Crippen molar-refractivity contribution in [3.05, 3.63) is 59.4 Å². The summed E-state index contributed by atoms with van der Waals surface area (Å²) in [5.74, 6) is 0.556. The van der Waals surface area contributed by atoms with E-state index >= 15 is 0 Å². The molecule has 0 bridgehead atoms. The van der Waals surface area contributed by atoms with Gasteiger partial charge >= 0.3 is 0 Å². The minimum absolute atomic E-state index is 0.0342. The van der Waals surface area contributed by atoms with Crippen molar-refractivity contribution in [3.63, 3.8) is 0 Å². The van der Waals surface area contributed by atoms with Crippen LogP contribution < -0.4 is 10.1 Å². The molecule has 1 heterocycles. The van der Waals surface area contributed by atoms with Crippen LogP contribution in [0, 0.1) is 5.82 Å². The van der Waals surface area contributed by atoms with Gasteiger partial charge in [0.05, 0.1) is 12.7 Å². The summed E-state index contributed by atoms with van der Waals surface area (Å²) >= 11 is 0. The summed E-state index contributed by atoms with van der Waals surface area (Å²) < 4.78 is 32.0. The van der Waals surface area contributed by atoms with Gasteiger partial charge in [0.1, 0.15) is 29.4 Å². The molecule has 27 heavy (non-hydrogen) atoms. The predicted molar refractivity (Wildman–Crippen MR) is 105 cm³/mol. The summed E-state index contributed by atoms with van der Waals surface area (Å²) in [5, 5.41) is 3.16. The molecule has 146 valence electrons. The lowest BCUT2D eigenvalue weighted by atomic mass is 9.87. The number of fused-ring (bicyclic) bond motifs is 1. The van der Waals surface area contributed by atoms with E-state index in [1.165, 1.54) is 12.1 Å². The molecule has 0 aromatic heterocycles. The second kappa shape index (κ2) is 7.87. The lowest BCUT2D eigenvalue weighted by Crippen LogP contribution is -2.51. The van der Waals surface area contributed by atoms with Crippen LogP contribution in [0.15, 0.2) is 42.5 Å². The SMILES string of the molecule is CNc1ccc2c(c1)C(OC(C)C)C(OCc1ccc(F)cc1)C(C)(C)O2. The number of nitrogens with one attached hydrogen (secondary N) is 1. The lowest BCUT2D eigenvalue weighted by Gasteiger charge is -2.45. The van der Waals surface area contributed by atoms with Crippen LogP contribution in [0.5, 0.6) is 5.75 Å². The van der Waals surface area contributed by atoms with Gasteiger partial charge in [0.25, 0.3) is 0 Å². The summed E-state index contributed by atoms with van der Waals surface area (Å²) in [6, 6.07) is 12.4. The Hall–Kier alpha value is -2.11. The van der Waals surface area contributed by atoms with Gasteiger partial charge in [-0.2, -0.15) is 0 Å². The Morgan fingerprint density at radius 2 is 1.85 bits per heavy atom. The minimum atomic E-state index is -0.576. The van der Waals surface area contributed by atoms with Crippen molar-refractivity contribution < 1.29 is 18.6 Å². The van der Waals surface area contributed by atoms with Crippen LogP contribution >= 0.6 is 0 Å². The number of rotatable bonds is 6. The molecule has 0 saturated carbocycles. The van der Waals surface area contributed by atoms with Gasteiger partial charge in [-0.3, -0.25) is 0 Å². The molecule has 1 aliphatic rings. The van der Waals surface area contributed by atoms with Gasteiger partial charge in [0, 0.05) is 18.3 Å². The van der Waals surface area contributed by atoms with Crippen LogP contribution in [0.2, 0.25) is 0 Å². The highest BCUT2D eigenvalue weighted by Gasteiger charge is 2.46. The van der Waals surface area contributed by atoms with E-state index in [-0.39, 0.29) is 24.1 Å². The Kier molecular flexibility index (Phi) is 5.72. The van der Waals surface area contributed by atoms with E-state index in [0.717, 1.165) is 22.6 Å². The van der Waals surface area contributed by atoms with Crippen LogP contribution in [0.3, 0.4) is 0 Å². The van der Waals surface area contributed by atoms with E-state index in [1.54, 1.807) is 12.1 Å². The first-order chi connectivity index (χ1) is 12.8. The molecule has 0 aliphatic carbocycles. The maximum absolute atomic E-state index is 13.2. The fourth-order valence-electron chi connectivity index (χ4n) is 3.38. The second-order valence-corrected chi connectivity index (χ2v) is 7.67. The van der Waals surface area contributed by atoms with Crippen LogP contribution in [0.1, 0.15) is 44.9 Å². The molecule has 1 N–H and O–H groups in total. The highest BCUT2D eigenvalue weighted by molar-refractivity contribution is 5.53. The second-order valence-electron chi connectivity index (χ2n) is 7.67. The molecule has 2 aromatic carbocycles. The van der Waals surface area contributed by atoms with Crippen molar-refractivity contribution in [3.8, 4) is 5.75 Å². The number of hydrogen-bond acceptors (Lipinski definition) is 4. The Morgan fingerprint density at radius 3 is 2.48 bits per heavy atom. The Labute approximate surface area is 160 Å². The summed E-state index contributed by atoms with van der Waals surface area (Å²) in [6.07, 6.45) is -0.547. The van der Waals surface area contributed by atoms with Gasteiger partial charge in [0.2, 0.25) is 0 Å². The van der Waals surface area contributed by atoms with Crippen LogP contribution in [-0.4, -0.2) is 24.9 Å². The van der Waals surface area contributed by atoms with Gasteiger partial charge in [-0.25, -0.2) is 4.39 Å². The van der Waals surface area contributed by atoms with Crippen molar-refractivity contribution in [2.24, 2.45) is 0 Å². The average molecular weight is 373 g/mol. The number of benzene rings is 2. The van der Waals surface area contributed by atoms with Crippen molar-refractivity contribution in [1.29, 1.82) is 0 Å². The standard InChI is InChI=1S/C22H28FNO3/c1-14(2)26-20-18-12-17(24-5)10-11-19(18)27-22(3,4)21(20)25-13-15-6-8-16(23)9-7-15/h6-12,14,20-21,24H,13H2,1-5H3. The third-order valence-corrected chi connectivity index (χ3v) is 4.70. The lowest BCUT2D eigenvalue weighted by molar-refractivity contribution is -0.177. The highest BCUT2D eigenvalue weighted by atomic mass is 19.1. The van der Waals surface area contributed by atoms with Crippen LogP contribution in [0.4, 0.5) is 10.1 Å². The van der Waals surface area contributed by atoms with Crippen molar-refractivity contribution >= 4 is 5.69 Å². The molecule has 0 amide bonds. The molecule has 0 saturated heterocycles. The van der Waals surface area contributed by atoms with Crippen molar-refractivity contribution in [1.82, 2.24) is 0 Å². The largest absolute Gasteiger partial charge is 0.485 e. The molecule has 3 rings (SSSR count). The molecule has 4 nitrogen and oxygen atoms in total. The van der Waals surface area contributed by atoms with Gasteiger partial charge in [-0.15, -0.1) is 0 Å². The van der Waals surface area contributed by atoms with E-state index in [4.69, 9.17) is 14.2 Å². The van der Waals surface area contributed by atoms with Gasteiger partial charge in [-0.05, 0) is 63.6 Å². The van der Waals surface area contributed by atoms with Crippen LogP contribution in [0.25, 0.3) is 0 Å². The molecule has 2 unspecified atom stereocenters. The molecule has 0 fully saturated rings. The molecular formula is C22H28FNO3. The van der Waals surface area contributed by atoms with E-state index in [1.807, 2.05) is 52.9 Å². The molecule has 2 atom stereocenters. The quantitative estimate of drug-likeness (QED) is 0.766. The average Bonchev–Trinajstić information content (AvgIpc) is 2.61. The van der Waals surface area contributed by atoms with Gasteiger partial charge in [0.15, 0.2) is 0 Å². The first-order valence-corrected chi connectivity index (χ1v) is 9.32. The smallest absolute Gasteiger partial charge is 0.132 e. The third kappa shape index (κ3) is 4.42. The van der Waals surface area contributed by atoms with E-state index in [9.17, 15) is 4.39 Å². The number of halogens is 1. The molecule has 2 aromatic rings. The zero-order valence-corrected chi connectivity index (χ0v) is 16.6. The first-order valence-electron chi connectivity index (χ1n) is 9.32. The Balaban J connectivity index is 1.91. The maximum atomic E-state index is 13.2. The summed E-state index contributed by atoms with van der Waals surface area (Å²) in [6.45, 7) is 8.40. The normalized spacial score (nSPS) is 20.9. The predicted octanol–water partition coefficient (Wildman–Crippen LogP) is 5.09. The summed E-state index contributed by atoms with van der Waals surface area (Å²) in [7, 11) is 1.89. The topological polar surface area (TPSA) is 39.7 Å². The number of anilines is 1. The molecular weight excluding hydrogens is 345 g/mol. The van der Waals surface area contributed by atoms with Crippen molar-refractivity contribution in [2.75, 3.05) is 12.4 Å². The molecule has 5 heteroatoms. The third-order valence-electron chi connectivity index (χ3n) is 4.70. The Bertz CT molecular complexity index is 774. The number of ether oxygens (including phenoxy) is 3. The van der Waals surface area contributed by atoms with Crippen LogP contribution in [-0.2, 0) is 16.1 Å². The van der Waals surface area contributed by atoms with Gasteiger partial charge in [-0.1, -0.05) is 12.1 Å². The molecule has 1 aliphatic heterocycles. The highest BCUT2D eigenvalue weighted by Crippen LogP contribution is 2.45. The fraction of sp³-hybridized carbons (Fsp3) is 0.455. The monoisotopic (exact) mass is 373 g/mol. The maximum Gasteiger partial charge on any atom is 0.132 e. The zero-order chi connectivity index (χ0) is 19.6. The van der Waals surface area contributed by atoms with E-state index in [2.05, 4.69) is 5.32 Å². The van der Waals surface area contributed by atoms with E-state index < -0.39 is 5.60 Å². The minimum Gasteiger partial charge on any atom is -0.485 e. The summed E-state index contributed by atoms with van der Waals surface area (Å²) in [4.78, 5) is 0. The Morgan fingerprint density at radius 1 is 1.15 bits per heavy atom. The summed E-state index contributed by atoms with van der Waals surface area (Å²) in [5.41, 5.74) is 2.30. The number of hydrogen-bond donors (Lipinski definition) is 1. The first kappa shape index (κ1) is 19.6.